The summed E-state index contributed by atoms with van der Waals surface area (Å²) in [6, 6.07) is -0.246. The number of rotatable bonds is 1. The Morgan fingerprint density at radius 1 is 1.50 bits per heavy atom. The molecular formula is C8H11NO3. The molecule has 66 valence electrons. The van der Waals surface area contributed by atoms with Gasteiger partial charge in [0.1, 0.15) is 6.29 Å². The molecule has 1 saturated carbocycles. The van der Waals surface area contributed by atoms with E-state index in [1.165, 1.54) is 4.90 Å². The van der Waals surface area contributed by atoms with E-state index in [-0.39, 0.29) is 12.1 Å². The van der Waals surface area contributed by atoms with Crippen LogP contribution in [0.2, 0.25) is 0 Å². The third-order valence-electron chi connectivity index (χ3n) is 3.00. The number of hydrogen-bond acceptors (Lipinski definition) is 2. The Kier molecular flexibility index (Phi) is 1.56. The van der Waals surface area contributed by atoms with Gasteiger partial charge in [0.25, 0.3) is 0 Å². The lowest BCUT2D eigenvalue weighted by atomic mass is 10.0. The number of piperidine rings is 1. The molecule has 4 nitrogen and oxygen atoms in total. The molecule has 2 rings (SSSR count). The molecule has 1 aliphatic carbocycles. The van der Waals surface area contributed by atoms with Crippen molar-refractivity contribution < 1.29 is 14.7 Å². The van der Waals surface area contributed by atoms with Gasteiger partial charge in [0.15, 0.2) is 0 Å². The van der Waals surface area contributed by atoms with E-state index in [2.05, 4.69) is 0 Å². The van der Waals surface area contributed by atoms with Crippen molar-refractivity contribution in [1.29, 1.82) is 0 Å². The molecule has 1 saturated heterocycles. The van der Waals surface area contributed by atoms with E-state index >= 15 is 0 Å². The van der Waals surface area contributed by atoms with Gasteiger partial charge in [-0.05, 0) is 25.2 Å². The predicted octanol–water partition coefficient (Wildman–Crippen LogP) is 0.716. The monoisotopic (exact) mass is 169 g/mol. The summed E-state index contributed by atoms with van der Waals surface area (Å²) in [6.45, 7) is 0. The maximum atomic E-state index is 10.7. The summed E-state index contributed by atoms with van der Waals surface area (Å²) < 4.78 is 0. The van der Waals surface area contributed by atoms with Crippen molar-refractivity contribution in [1.82, 2.24) is 4.90 Å². The van der Waals surface area contributed by atoms with Gasteiger partial charge >= 0.3 is 6.09 Å². The largest absolute Gasteiger partial charge is 0.465 e. The van der Waals surface area contributed by atoms with Crippen LogP contribution in [0.4, 0.5) is 4.79 Å². The molecule has 2 aliphatic rings. The quantitative estimate of drug-likeness (QED) is 0.588. The lowest BCUT2D eigenvalue weighted by Gasteiger charge is -2.29. The van der Waals surface area contributed by atoms with Crippen molar-refractivity contribution in [2.24, 2.45) is 5.92 Å². The molecule has 4 heteroatoms. The number of aldehydes is 1. The standard InChI is InChI=1S/C8H11NO3/c10-4-7-5-1-2-6(3-5)9(7)8(11)12/h4-7H,1-3H2,(H,11,12)/t5-,6+,7+/m0/s1. The van der Waals surface area contributed by atoms with Crippen molar-refractivity contribution in [3.05, 3.63) is 0 Å². The molecule has 12 heavy (non-hydrogen) atoms. The Bertz CT molecular complexity index is 228. The lowest BCUT2D eigenvalue weighted by molar-refractivity contribution is -0.113. The molecule has 0 aromatic rings. The number of nitrogens with zero attached hydrogens (tertiary/aromatic N) is 1. The molecule has 2 bridgehead atoms. The number of carbonyl (C=O) groups excluding carboxylic acids is 1. The van der Waals surface area contributed by atoms with Gasteiger partial charge in [-0.3, -0.25) is 4.90 Å². The van der Waals surface area contributed by atoms with Gasteiger partial charge in [0.2, 0.25) is 0 Å². The first-order chi connectivity index (χ1) is 5.74. The molecule has 2 fully saturated rings. The highest BCUT2D eigenvalue weighted by Crippen LogP contribution is 2.41. The number of carbonyl (C=O) groups is 2. The first-order valence-corrected chi connectivity index (χ1v) is 4.20. The number of likely N-dealkylation sites (tertiary alicyclic amines) is 1. The highest BCUT2D eigenvalue weighted by molar-refractivity contribution is 5.73. The van der Waals surface area contributed by atoms with E-state index < -0.39 is 6.09 Å². The van der Waals surface area contributed by atoms with Crippen LogP contribution in [0.15, 0.2) is 0 Å². The zero-order chi connectivity index (χ0) is 8.72. The summed E-state index contributed by atoms with van der Waals surface area (Å²) in [5, 5.41) is 8.80. The molecule has 1 N–H and O–H groups in total. The van der Waals surface area contributed by atoms with E-state index in [0.717, 1.165) is 25.5 Å². The van der Waals surface area contributed by atoms with Crippen LogP contribution in [-0.2, 0) is 4.79 Å². The summed E-state index contributed by atoms with van der Waals surface area (Å²) in [5.41, 5.74) is 0. The molecule has 0 spiro atoms. The average Bonchev–Trinajstić information content (AvgIpc) is 2.60. The Hall–Kier alpha value is -1.06. The van der Waals surface area contributed by atoms with Crippen molar-refractivity contribution in [2.45, 2.75) is 31.3 Å². The summed E-state index contributed by atoms with van der Waals surface area (Å²) in [4.78, 5) is 22.7. The van der Waals surface area contributed by atoms with Gasteiger partial charge in [-0.25, -0.2) is 4.79 Å². The third kappa shape index (κ3) is 0.838. The second-order valence-corrected chi connectivity index (χ2v) is 3.54. The van der Waals surface area contributed by atoms with Crippen LogP contribution in [0.5, 0.6) is 0 Å². The Morgan fingerprint density at radius 3 is 2.75 bits per heavy atom. The predicted molar refractivity (Wildman–Crippen MR) is 40.8 cm³/mol. The van der Waals surface area contributed by atoms with Gasteiger partial charge in [0, 0.05) is 6.04 Å². The second kappa shape index (κ2) is 2.47. The van der Waals surface area contributed by atoms with Crippen molar-refractivity contribution in [2.75, 3.05) is 0 Å². The zero-order valence-electron chi connectivity index (χ0n) is 6.64. The van der Waals surface area contributed by atoms with E-state index in [1.807, 2.05) is 0 Å². The normalized spacial score (nSPS) is 38.7. The van der Waals surface area contributed by atoms with Crippen LogP contribution in [0.25, 0.3) is 0 Å². The minimum Gasteiger partial charge on any atom is -0.465 e. The van der Waals surface area contributed by atoms with Gasteiger partial charge in [-0.1, -0.05) is 0 Å². The summed E-state index contributed by atoms with van der Waals surface area (Å²) in [7, 11) is 0. The molecule has 1 aliphatic heterocycles. The van der Waals surface area contributed by atoms with Gasteiger partial charge < -0.3 is 9.90 Å². The SMILES string of the molecule is O=C[C@@H]1[C@H]2CC[C@H](C2)N1C(=O)O. The molecule has 0 aromatic heterocycles. The summed E-state index contributed by atoms with van der Waals surface area (Å²) in [6.07, 6.45) is 2.66. The minimum absolute atomic E-state index is 0.114. The molecule has 0 aromatic carbocycles. The van der Waals surface area contributed by atoms with Crippen molar-refractivity contribution >= 4 is 12.4 Å². The van der Waals surface area contributed by atoms with E-state index in [1.54, 1.807) is 0 Å². The Morgan fingerprint density at radius 2 is 2.25 bits per heavy atom. The smallest absolute Gasteiger partial charge is 0.408 e. The first-order valence-electron chi connectivity index (χ1n) is 4.20. The minimum atomic E-state index is -0.945. The molecule has 1 amide bonds. The van der Waals surface area contributed by atoms with Crippen molar-refractivity contribution in [3.8, 4) is 0 Å². The van der Waals surface area contributed by atoms with E-state index in [9.17, 15) is 9.59 Å². The fourth-order valence-corrected chi connectivity index (χ4v) is 2.49. The highest BCUT2D eigenvalue weighted by Gasteiger charge is 2.48. The Labute approximate surface area is 70.2 Å². The van der Waals surface area contributed by atoms with Crippen LogP contribution < -0.4 is 0 Å². The zero-order valence-corrected chi connectivity index (χ0v) is 6.64. The van der Waals surface area contributed by atoms with Crippen LogP contribution >= 0.6 is 0 Å². The fraction of sp³-hybridized carbons (Fsp3) is 0.750. The summed E-state index contributed by atoms with van der Waals surface area (Å²) in [5.74, 6) is 0.295. The van der Waals surface area contributed by atoms with Gasteiger partial charge in [-0.15, -0.1) is 0 Å². The van der Waals surface area contributed by atoms with Gasteiger partial charge in [-0.2, -0.15) is 0 Å². The van der Waals surface area contributed by atoms with Crippen LogP contribution in [0, 0.1) is 5.92 Å². The maximum Gasteiger partial charge on any atom is 0.408 e. The number of carboxylic acid groups (broad SMARTS) is 1. The lowest BCUT2D eigenvalue weighted by Crippen LogP contribution is -2.45. The van der Waals surface area contributed by atoms with E-state index in [4.69, 9.17) is 5.11 Å². The fourth-order valence-electron chi connectivity index (χ4n) is 2.49. The molecule has 0 radical (unpaired) electrons. The average molecular weight is 169 g/mol. The number of fused-ring (bicyclic) bond motifs is 2. The molecular weight excluding hydrogens is 158 g/mol. The second-order valence-electron chi connectivity index (χ2n) is 3.54. The third-order valence-corrected chi connectivity index (χ3v) is 3.00. The number of amides is 1. The van der Waals surface area contributed by atoms with Crippen molar-refractivity contribution in [3.63, 3.8) is 0 Å². The van der Waals surface area contributed by atoms with Gasteiger partial charge in [0.05, 0.1) is 6.04 Å². The first kappa shape index (κ1) is 7.58. The Balaban J connectivity index is 2.21. The molecule has 0 unspecified atom stereocenters. The van der Waals surface area contributed by atoms with Crippen LogP contribution in [0.3, 0.4) is 0 Å². The highest BCUT2D eigenvalue weighted by atomic mass is 16.4. The summed E-state index contributed by atoms with van der Waals surface area (Å²) >= 11 is 0. The van der Waals surface area contributed by atoms with Crippen LogP contribution in [0.1, 0.15) is 19.3 Å². The molecule has 3 atom stereocenters. The van der Waals surface area contributed by atoms with Crippen LogP contribution in [-0.4, -0.2) is 34.5 Å². The number of hydrogen-bond donors (Lipinski definition) is 1. The maximum absolute atomic E-state index is 10.7. The molecule has 1 heterocycles. The topological polar surface area (TPSA) is 57.6 Å². The van der Waals surface area contributed by atoms with E-state index in [0.29, 0.717) is 5.92 Å².